The van der Waals surface area contributed by atoms with Crippen LogP contribution < -0.4 is 20.3 Å². The van der Waals surface area contributed by atoms with E-state index in [4.69, 9.17) is 9.47 Å². The van der Waals surface area contributed by atoms with Crippen LogP contribution in [0.15, 0.2) is 65.7 Å². The van der Waals surface area contributed by atoms with Crippen molar-refractivity contribution in [2.45, 2.75) is 13.5 Å². The van der Waals surface area contributed by atoms with Crippen molar-refractivity contribution in [2.75, 3.05) is 19.8 Å². The van der Waals surface area contributed by atoms with Crippen molar-refractivity contribution in [1.82, 2.24) is 14.9 Å². The Labute approximate surface area is 173 Å². The summed E-state index contributed by atoms with van der Waals surface area (Å²) < 4.78 is 25.2. The van der Waals surface area contributed by atoms with Crippen molar-refractivity contribution in [3.05, 3.63) is 77.1 Å². The van der Waals surface area contributed by atoms with Crippen LogP contribution in [0.1, 0.15) is 6.92 Å². The Morgan fingerprint density at radius 2 is 1.73 bits per heavy atom. The van der Waals surface area contributed by atoms with Crippen LogP contribution in [0.3, 0.4) is 0 Å². The maximum absolute atomic E-state index is 13.0. The third-order valence-electron chi connectivity index (χ3n) is 4.20. The molecule has 0 bridgehead atoms. The zero-order valence-electron chi connectivity index (χ0n) is 16.5. The summed E-state index contributed by atoms with van der Waals surface area (Å²) in [6.07, 6.45) is 1.41. The maximum Gasteiger partial charge on any atom is 0.258 e. The number of carbonyl (C=O) groups is 1. The molecule has 156 valence electrons. The number of aromatic nitrogens is 2. The molecule has 3 aromatic rings. The Morgan fingerprint density at radius 1 is 1.07 bits per heavy atom. The van der Waals surface area contributed by atoms with Crippen molar-refractivity contribution in [3.63, 3.8) is 0 Å². The van der Waals surface area contributed by atoms with Crippen molar-refractivity contribution in [2.24, 2.45) is 0 Å². The summed E-state index contributed by atoms with van der Waals surface area (Å²) in [6, 6.07) is 14.1. The van der Waals surface area contributed by atoms with Crippen LogP contribution in [0, 0.1) is 5.82 Å². The highest BCUT2D eigenvalue weighted by molar-refractivity contribution is 5.77. The van der Waals surface area contributed by atoms with Gasteiger partial charge in [0.2, 0.25) is 0 Å². The molecular formula is C22H22FN3O4. The predicted molar refractivity (Wildman–Crippen MR) is 110 cm³/mol. The van der Waals surface area contributed by atoms with E-state index in [0.29, 0.717) is 23.6 Å². The van der Waals surface area contributed by atoms with Gasteiger partial charge in [0.05, 0.1) is 18.6 Å². The number of nitrogens with one attached hydrogen (secondary N) is 1. The molecule has 7 nitrogen and oxygen atoms in total. The van der Waals surface area contributed by atoms with Gasteiger partial charge >= 0.3 is 0 Å². The Balaban J connectivity index is 1.45. The van der Waals surface area contributed by atoms with Crippen molar-refractivity contribution < 1.29 is 18.7 Å². The first-order valence-electron chi connectivity index (χ1n) is 9.50. The number of benzene rings is 2. The average molecular weight is 411 g/mol. The largest absolute Gasteiger partial charge is 0.494 e. The second kappa shape index (κ2) is 10.2. The van der Waals surface area contributed by atoms with Gasteiger partial charge in [0.1, 0.15) is 17.3 Å². The monoisotopic (exact) mass is 411 g/mol. The first-order chi connectivity index (χ1) is 14.5. The molecule has 0 spiro atoms. The smallest absolute Gasteiger partial charge is 0.258 e. The Morgan fingerprint density at radius 3 is 2.37 bits per heavy atom. The fourth-order valence-corrected chi connectivity index (χ4v) is 2.69. The molecule has 0 radical (unpaired) electrons. The van der Waals surface area contributed by atoms with E-state index in [1.165, 1.54) is 29.1 Å². The Bertz CT molecular complexity index is 1030. The van der Waals surface area contributed by atoms with Gasteiger partial charge in [0.25, 0.3) is 11.5 Å². The number of amides is 1. The third-order valence-corrected chi connectivity index (χ3v) is 4.20. The number of hydrogen-bond acceptors (Lipinski definition) is 5. The summed E-state index contributed by atoms with van der Waals surface area (Å²) in [7, 11) is 0. The molecule has 1 heterocycles. The van der Waals surface area contributed by atoms with E-state index in [1.807, 2.05) is 6.92 Å². The molecule has 30 heavy (non-hydrogen) atoms. The number of hydrogen-bond donors (Lipinski definition) is 1. The summed E-state index contributed by atoms with van der Waals surface area (Å²) in [5.41, 5.74) is 0.855. The first-order valence-corrected chi connectivity index (χ1v) is 9.50. The Hall–Kier alpha value is -3.68. The normalized spacial score (nSPS) is 10.5. The van der Waals surface area contributed by atoms with Crippen LogP contribution in [-0.4, -0.2) is 35.2 Å². The van der Waals surface area contributed by atoms with Gasteiger partial charge in [-0.2, -0.15) is 0 Å². The molecule has 1 amide bonds. The molecule has 3 rings (SSSR count). The highest BCUT2D eigenvalue weighted by Crippen LogP contribution is 2.17. The van der Waals surface area contributed by atoms with Gasteiger partial charge in [-0.15, -0.1) is 0 Å². The number of rotatable bonds is 9. The predicted octanol–water partition coefficient (Wildman–Crippen LogP) is 2.64. The van der Waals surface area contributed by atoms with Crippen molar-refractivity contribution >= 4 is 5.91 Å². The third kappa shape index (κ3) is 5.91. The Kier molecular flexibility index (Phi) is 7.15. The lowest BCUT2D eigenvalue weighted by atomic mass is 10.1. The molecule has 8 heteroatoms. The molecule has 0 atom stereocenters. The van der Waals surface area contributed by atoms with Gasteiger partial charge in [-0.05, 0) is 55.5 Å². The minimum atomic E-state index is -0.352. The van der Waals surface area contributed by atoms with Gasteiger partial charge in [-0.25, -0.2) is 9.37 Å². The minimum Gasteiger partial charge on any atom is -0.494 e. The van der Waals surface area contributed by atoms with E-state index in [-0.39, 0.29) is 37.0 Å². The lowest BCUT2D eigenvalue weighted by Gasteiger charge is -2.10. The quantitative estimate of drug-likeness (QED) is 0.585. The lowest BCUT2D eigenvalue weighted by molar-refractivity contribution is -0.123. The molecule has 0 aliphatic carbocycles. The molecule has 1 aromatic heterocycles. The van der Waals surface area contributed by atoms with E-state index in [9.17, 15) is 14.0 Å². The number of halogens is 1. The number of ether oxygens (including phenoxy) is 2. The van der Waals surface area contributed by atoms with Crippen LogP contribution in [-0.2, 0) is 11.3 Å². The lowest BCUT2D eigenvalue weighted by Crippen LogP contribution is -2.33. The summed E-state index contributed by atoms with van der Waals surface area (Å²) in [5, 5.41) is 2.70. The van der Waals surface area contributed by atoms with Gasteiger partial charge in [0, 0.05) is 24.7 Å². The summed E-state index contributed by atoms with van der Waals surface area (Å²) >= 11 is 0. The van der Waals surface area contributed by atoms with Crippen molar-refractivity contribution in [1.29, 1.82) is 0 Å². The van der Waals surface area contributed by atoms with Gasteiger partial charge in [0.15, 0.2) is 6.61 Å². The number of nitrogens with zero attached hydrogens (tertiary/aromatic N) is 2. The van der Waals surface area contributed by atoms with Crippen LogP contribution in [0.4, 0.5) is 4.39 Å². The highest BCUT2D eigenvalue weighted by atomic mass is 19.1. The summed E-state index contributed by atoms with van der Waals surface area (Å²) in [4.78, 5) is 28.4. The zero-order chi connectivity index (χ0) is 21.3. The van der Waals surface area contributed by atoms with Crippen LogP contribution in [0.2, 0.25) is 0 Å². The van der Waals surface area contributed by atoms with E-state index in [0.717, 1.165) is 5.75 Å². The average Bonchev–Trinajstić information content (AvgIpc) is 2.75. The van der Waals surface area contributed by atoms with Gasteiger partial charge < -0.3 is 14.8 Å². The summed E-state index contributed by atoms with van der Waals surface area (Å²) in [6.45, 7) is 2.87. The minimum absolute atomic E-state index is 0.134. The highest BCUT2D eigenvalue weighted by Gasteiger charge is 2.06. The molecule has 2 aromatic carbocycles. The van der Waals surface area contributed by atoms with E-state index in [1.54, 1.807) is 36.4 Å². The topological polar surface area (TPSA) is 82.4 Å². The SMILES string of the molecule is CCOc1ccc(OCC(=O)NCCn2cnc(-c3ccc(F)cc3)cc2=O)cc1. The van der Waals surface area contributed by atoms with Crippen LogP contribution >= 0.6 is 0 Å². The molecule has 0 aliphatic heterocycles. The van der Waals surface area contributed by atoms with E-state index < -0.39 is 0 Å². The fourth-order valence-electron chi connectivity index (χ4n) is 2.69. The van der Waals surface area contributed by atoms with Gasteiger partial charge in [-0.1, -0.05) is 0 Å². The fraction of sp³-hybridized carbons (Fsp3) is 0.227. The maximum atomic E-state index is 13.0. The van der Waals surface area contributed by atoms with E-state index in [2.05, 4.69) is 10.3 Å². The second-order valence-corrected chi connectivity index (χ2v) is 6.36. The van der Waals surface area contributed by atoms with Crippen LogP contribution in [0.5, 0.6) is 11.5 Å². The number of carbonyl (C=O) groups excluding carboxylic acids is 1. The zero-order valence-corrected chi connectivity index (χ0v) is 16.5. The summed E-state index contributed by atoms with van der Waals surface area (Å²) in [5.74, 6) is 0.645. The molecule has 0 fully saturated rings. The van der Waals surface area contributed by atoms with E-state index >= 15 is 0 Å². The molecular weight excluding hydrogens is 389 g/mol. The molecule has 0 saturated carbocycles. The molecule has 0 aliphatic rings. The van der Waals surface area contributed by atoms with Crippen molar-refractivity contribution in [3.8, 4) is 22.8 Å². The van der Waals surface area contributed by atoms with Gasteiger partial charge in [-0.3, -0.25) is 14.2 Å². The molecule has 0 unspecified atom stereocenters. The standard InChI is InChI=1S/C22H22FN3O4/c1-2-29-18-7-9-19(10-8-18)30-14-21(27)24-11-12-26-15-25-20(13-22(26)28)16-3-5-17(23)6-4-16/h3-10,13,15H,2,11-12,14H2,1H3,(H,24,27). The second-order valence-electron chi connectivity index (χ2n) is 6.36. The molecule has 0 saturated heterocycles. The van der Waals surface area contributed by atoms with Crippen LogP contribution in [0.25, 0.3) is 11.3 Å². The molecule has 1 N–H and O–H groups in total. The first kappa shape index (κ1) is 21.0.